The van der Waals surface area contributed by atoms with Crippen molar-refractivity contribution >= 4 is 6.29 Å². The summed E-state index contributed by atoms with van der Waals surface area (Å²) in [7, 11) is 0. The summed E-state index contributed by atoms with van der Waals surface area (Å²) in [5.41, 5.74) is 0. The Morgan fingerprint density at radius 1 is 1.33 bits per heavy atom. The first-order valence-electron chi connectivity index (χ1n) is 4.68. The summed E-state index contributed by atoms with van der Waals surface area (Å²) in [5, 5.41) is 0. The van der Waals surface area contributed by atoms with Crippen LogP contribution in [0, 0.1) is 5.92 Å². The van der Waals surface area contributed by atoms with E-state index in [1.807, 2.05) is 6.08 Å². The van der Waals surface area contributed by atoms with Gasteiger partial charge in [0.1, 0.15) is 6.29 Å². The van der Waals surface area contributed by atoms with Crippen LogP contribution in [0.15, 0.2) is 12.7 Å². The molecular formula is C10H15NO. The molecule has 66 valence electrons. The van der Waals surface area contributed by atoms with Crippen LogP contribution in [-0.4, -0.2) is 29.8 Å². The van der Waals surface area contributed by atoms with Crippen LogP contribution < -0.4 is 0 Å². The lowest BCUT2D eigenvalue weighted by Gasteiger charge is -2.47. The minimum Gasteiger partial charge on any atom is -0.302 e. The molecule has 3 aliphatic heterocycles. The molecule has 4 unspecified atom stereocenters. The normalized spacial score (nSPS) is 45.7. The predicted molar refractivity (Wildman–Crippen MR) is 47.9 cm³/mol. The van der Waals surface area contributed by atoms with Crippen molar-refractivity contribution < 1.29 is 4.79 Å². The van der Waals surface area contributed by atoms with Crippen molar-refractivity contribution in [3.8, 4) is 0 Å². The predicted octanol–water partition coefficient (Wildman–Crippen LogP) is 1.22. The highest BCUT2D eigenvalue weighted by Gasteiger charge is 2.38. The molecule has 12 heavy (non-hydrogen) atoms. The van der Waals surface area contributed by atoms with E-state index in [-0.39, 0.29) is 6.04 Å². The summed E-state index contributed by atoms with van der Waals surface area (Å²) in [6, 6.07) is 0.646. The molecule has 2 heteroatoms. The SMILES string of the molecule is C=CC1CC2CCN1C(C=O)C2. The van der Waals surface area contributed by atoms with E-state index >= 15 is 0 Å². The summed E-state index contributed by atoms with van der Waals surface area (Å²) >= 11 is 0. The molecule has 3 saturated heterocycles. The maximum atomic E-state index is 10.7. The minimum atomic E-state index is 0.181. The largest absolute Gasteiger partial charge is 0.302 e. The summed E-state index contributed by atoms with van der Waals surface area (Å²) in [6.07, 6.45) is 6.65. The van der Waals surface area contributed by atoms with E-state index in [1.54, 1.807) is 0 Å². The van der Waals surface area contributed by atoms with Crippen molar-refractivity contribution in [1.82, 2.24) is 4.90 Å². The van der Waals surface area contributed by atoms with Gasteiger partial charge in [0.2, 0.25) is 0 Å². The van der Waals surface area contributed by atoms with E-state index in [2.05, 4.69) is 11.5 Å². The fourth-order valence-electron chi connectivity index (χ4n) is 2.56. The van der Waals surface area contributed by atoms with Crippen molar-refractivity contribution in [2.24, 2.45) is 5.92 Å². The quantitative estimate of drug-likeness (QED) is 0.453. The highest BCUT2D eigenvalue weighted by atomic mass is 16.1. The number of carbonyl (C=O) groups is 1. The Balaban J connectivity index is 2.15. The molecule has 2 bridgehead atoms. The number of carbonyl (C=O) groups excluding carboxylic acids is 1. The first-order valence-corrected chi connectivity index (χ1v) is 4.68. The van der Waals surface area contributed by atoms with Gasteiger partial charge < -0.3 is 4.79 Å². The Labute approximate surface area is 73.2 Å². The zero-order valence-electron chi connectivity index (χ0n) is 7.28. The Bertz CT molecular complexity index is 184. The zero-order chi connectivity index (χ0) is 8.55. The molecule has 0 aromatic heterocycles. The Morgan fingerprint density at radius 2 is 2.08 bits per heavy atom. The maximum Gasteiger partial charge on any atom is 0.137 e. The van der Waals surface area contributed by atoms with E-state index in [1.165, 1.54) is 12.8 Å². The van der Waals surface area contributed by atoms with Gasteiger partial charge >= 0.3 is 0 Å². The molecular weight excluding hydrogens is 150 g/mol. The fraction of sp³-hybridized carbons (Fsp3) is 0.700. The molecule has 4 atom stereocenters. The van der Waals surface area contributed by atoms with Gasteiger partial charge in [-0.2, -0.15) is 0 Å². The van der Waals surface area contributed by atoms with Gasteiger partial charge in [-0.1, -0.05) is 6.08 Å². The fourth-order valence-corrected chi connectivity index (χ4v) is 2.56. The Morgan fingerprint density at radius 3 is 2.67 bits per heavy atom. The van der Waals surface area contributed by atoms with Crippen molar-refractivity contribution in [1.29, 1.82) is 0 Å². The van der Waals surface area contributed by atoms with E-state index in [4.69, 9.17) is 0 Å². The third-order valence-electron chi connectivity index (χ3n) is 3.23. The lowest BCUT2D eigenvalue weighted by atomic mass is 9.79. The molecule has 0 aromatic carbocycles. The number of fused-ring (bicyclic) bond motifs is 3. The molecule has 3 fully saturated rings. The van der Waals surface area contributed by atoms with E-state index < -0.39 is 0 Å². The summed E-state index contributed by atoms with van der Waals surface area (Å²) in [4.78, 5) is 13.0. The number of hydrogen-bond donors (Lipinski definition) is 0. The molecule has 3 heterocycles. The van der Waals surface area contributed by atoms with Crippen LogP contribution in [0.3, 0.4) is 0 Å². The number of nitrogens with zero attached hydrogens (tertiary/aromatic N) is 1. The summed E-state index contributed by atoms with van der Waals surface area (Å²) < 4.78 is 0. The van der Waals surface area contributed by atoms with Gasteiger partial charge in [-0.05, 0) is 31.7 Å². The van der Waals surface area contributed by atoms with Crippen molar-refractivity contribution in [3.05, 3.63) is 12.7 Å². The molecule has 0 radical (unpaired) electrons. The monoisotopic (exact) mass is 165 g/mol. The van der Waals surface area contributed by atoms with E-state index in [9.17, 15) is 4.79 Å². The van der Waals surface area contributed by atoms with Crippen LogP contribution in [-0.2, 0) is 4.79 Å². The first kappa shape index (κ1) is 7.99. The first-order chi connectivity index (χ1) is 5.85. The Hall–Kier alpha value is -0.630. The summed E-state index contributed by atoms with van der Waals surface area (Å²) in [5.74, 6) is 0.771. The van der Waals surface area contributed by atoms with Gasteiger partial charge in [0, 0.05) is 6.04 Å². The van der Waals surface area contributed by atoms with Crippen LogP contribution in [0.5, 0.6) is 0 Å². The average molecular weight is 165 g/mol. The van der Waals surface area contributed by atoms with Crippen molar-refractivity contribution in [2.45, 2.75) is 31.3 Å². The van der Waals surface area contributed by atoms with Crippen LogP contribution in [0.4, 0.5) is 0 Å². The van der Waals surface area contributed by atoms with E-state index in [0.717, 1.165) is 25.2 Å². The second kappa shape index (κ2) is 3.02. The number of hydrogen-bond acceptors (Lipinski definition) is 2. The van der Waals surface area contributed by atoms with Crippen LogP contribution in [0.2, 0.25) is 0 Å². The second-order valence-corrected chi connectivity index (χ2v) is 3.87. The lowest BCUT2D eigenvalue weighted by molar-refractivity contribution is -0.117. The molecule has 0 aliphatic carbocycles. The maximum absolute atomic E-state index is 10.7. The average Bonchev–Trinajstić information content (AvgIpc) is 2.18. The van der Waals surface area contributed by atoms with Gasteiger partial charge in [0.15, 0.2) is 0 Å². The minimum absolute atomic E-state index is 0.181. The molecule has 3 rings (SSSR count). The molecule has 0 aromatic rings. The van der Waals surface area contributed by atoms with Gasteiger partial charge in [-0.25, -0.2) is 0 Å². The third-order valence-corrected chi connectivity index (χ3v) is 3.23. The number of piperidine rings is 3. The molecule has 0 saturated carbocycles. The van der Waals surface area contributed by atoms with Gasteiger partial charge in [-0.15, -0.1) is 6.58 Å². The number of rotatable bonds is 2. The second-order valence-electron chi connectivity index (χ2n) is 3.87. The van der Waals surface area contributed by atoms with Gasteiger partial charge in [0.25, 0.3) is 0 Å². The van der Waals surface area contributed by atoms with Gasteiger partial charge in [0.05, 0.1) is 6.04 Å². The summed E-state index contributed by atoms with van der Waals surface area (Å²) in [6.45, 7) is 4.90. The highest BCUT2D eigenvalue weighted by Crippen LogP contribution is 2.35. The molecule has 0 N–H and O–H groups in total. The molecule has 0 amide bonds. The molecule has 0 spiro atoms. The van der Waals surface area contributed by atoms with Crippen molar-refractivity contribution in [2.75, 3.05) is 6.54 Å². The van der Waals surface area contributed by atoms with Gasteiger partial charge in [-0.3, -0.25) is 4.90 Å². The smallest absolute Gasteiger partial charge is 0.137 e. The third kappa shape index (κ3) is 1.11. The highest BCUT2D eigenvalue weighted by molar-refractivity contribution is 5.58. The zero-order valence-corrected chi connectivity index (χ0v) is 7.28. The van der Waals surface area contributed by atoms with E-state index in [0.29, 0.717) is 6.04 Å². The molecule has 3 aliphatic rings. The molecule has 2 nitrogen and oxygen atoms in total. The number of aldehydes is 1. The van der Waals surface area contributed by atoms with Crippen LogP contribution >= 0.6 is 0 Å². The Kier molecular flexibility index (Phi) is 2.01. The van der Waals surface area contributed by atoms with Crippen LogP contribution in [0.1, 0.15) is 19.3 Å². The lowest BCUT2D eigenvalue weighted by Crippen LogP contribution is -2.54. The van der Waals surface area contributed by atoms with Crippen molar-refractivity contribution in [3.63, 3.8) is 0 Å². The topological polar surface area (TPSA) is 20.3 Å². The standard InChI is InChI=1S/C10H15NO/c1-2-9-5-8-3-4-11(9)10(6-8)7-12/h2,7-10H,1,3-6H2. The van der Waals surface area contributed by atoms with Crippen LogP contribution in [0.25, 0.3) is 0 Å².